The van der Waals surface area contributed by atoms with Gasteiger partial charge in [-0.3, -0.25) is 9.59 Å². The standard InChI is InChI=1S/C21H19NO7/c1-28-13-8-9-14(15(10-13)29-2)18-17(19(25)12-6-4-3-5-7-12)20(26)21(27)22(18)11-16(23)24/h3-10,18,25H,11H2,1-2H3,(H,23,24)/p-1/t18-/m1/s1. The Morgan fingerprint density at radius 3 is 2.38 bits per heavy atom. The maximum atomic E-state index is 12.7. The van der Waals surface area contributed by atoms with E-state index in [1.165, 1.54) is 20.3 Å². The molecule has 2 aromatic rings. The molecule has 1 heterocycles. The lowest BCUT2D eigenvalue weighted by Crippen LogP contribution is -2.40. The highest BCUT2D eigenvalue weighted by Gasteiger charge is 2.47. The predicted octanol–water partition coefficient (Wildman–Crippen LogP) is 0.875. The first-order chi connectivity index (χ1) is 13.9. The van der Waals surface area contributed by atoms with E-state index in [2.05, 4.69) is 0 Å². The Bertz CT molecular complexity index is 997. The van der Waals surface area contributed by atoms with Gasteiger partial charge in [-0.05, 0) is 12.1 Å². The third-order valence-corrected chi connectivity index (χ3v) is 4.62. The van der Waals surface area contributed by atoms with Gasteiger partial charge in [0.2, 0.25) is 0 Å². The highest BCUT2D eigenvalue weighted by molar-refractivity contribution is 6.46. The third-order valence-electron chi connectivity index (χ3n) is 4.62. The van der Waals surface area contributed by atoms with Gasteiger partial charge in [0.1, 0.15) is 17.3 Å². The van der Waals surface area contributed by atoms with Crippen molar-refractivity contribution in [2.45, 2.75) is 6.04 Å². The van der Waals surface area contributed by atoms with Gasteiger partial charge in [-0.25, -0.2) is 0 Å². The molecule has 1 saturated heterocycles. The number of aliphatic hydroxyl groups excluding tert-OH is 1. The molecule has 1 aliphatic heterocycles. The normalized spacial score (nSPS) is 18.0. The van der Waals surface area contributed by atoms with Crippen LogP contribution in [-0.4, -0.2) is 48.4 Å². The number of Topliss-reactive ketones (excluding diaryl/α,β-unsaturated/α-hetero) is 1. The summed E-state index contributed by atoms with van der Waals surface area (Å²) in [5.41, 5.74) is 0.411. The summed E-state index contributed by atoms with van der Waals surface area (Å²) in [5, 5.41) is 22.0. The van der Waals surface area contributed by atoms with Crippen LogP contribution < -0.4 is 14.6 Å². The molecule has 0 radical (unpaired) electrons. The van der Waals surface area contributed by atoms with Crippen LogP contribution in [0.4, 0.5) is 0 Å². The van der Waals surface area contributed by atoms with Gasteiger partial charge in [0.15, 0.2) is 0 Å². The van der Waals surface area contributed by atoms with Crippen molar-refractivity contribution in [3.63, 3.8) is 0 Å². The average Bonchev–Trinajstić information content (AvgIpc) is 2.97. The first kappa shape index (κ1) is 19.9. The van der Waals surface area contributed by atoms with Crippen molar-refractivity contribution in [3.8, 4) is 11.5 Å². The summed E-state index contributed by atoms with van der Waals surface area (Å²) in [6.45, 7) is -0.823. The number of rotatable bonds is 6. The highest BCUT2D eigenvalue weighted by Crippen LogP contribution is 2.43. The number of amides is 1. The molecular weight excluding hydrogens is 378 g/mol. The molecule has 0 saturated carbocycles. The topological polar surface area (TPSA) is 116 Å². The zero-order chi connectivity index (χ0) is 21.1. The summed E-state index contributed by atoms with van der Waals surface area (Å²) < 4.78 is 10.5. The minimum atomic E-state index is -1.54. The Labute approximate surface area is 166 Å². The Morgan fingerprint density at radius 2 is 1.79 bits per heavy atom. The molecule has 1 amide bonds. The molecule has 29 heavy (non-hydrogen) atoms. The molecule has 2 aromatic carbocycles. The van der Waals surface area contributed by atoms with Crippen molar-refractivity contribution in [2.75, 3.05) is 20.8 Å². The summed E-state index contributed by atoms with van der Waals surface area (Å²) in [6.07, 6.45) is 0. The Hall–Kier alpha value is -3.81. The van der Waals surface area contributed by atoms with Gasteiger partial charge in [0.25, 0.3) is 11.7 Å². The number of aliphatic carboxylic acids is 1. The first-order valence-electron chi connectivity index (χ1n) is 8.64. The van der Waals surface area contributed by atoms with Crippen molar-refractivity contribution in [3.05, 3.63) is 65.2 Å². The average molecular weight is 396 g/mol. The van der Waals surface area contributed by atoms with E-state index in [9.17, 15) is 24.6 Å². The minimum absolute atomic E-state index is 0.231. The summed E-state index contributed by atoms with van der Waals surface area (Å²) in [5.74, 6) is -3.26. The first-order valence-corrected chi connectivity index (χ1v) is 8.64. The van der Waals surface area contributed by atoms with E-state index < -0.39 is 36.0 Å². The maximum Gasteiger partial charge on any atom is 0.295 e. The number of likely N-dealkylation sites (tertiary alicyclic amines) is 1. The molecule has 1 N–H and O–H groups in total. The number of methoxy groups -OCH3 is 2. The number of hydrogen-bond acceptors (Lipinski definition) is 7. The number of carboxylic acids is 1. The van der Waals surface area contributed by atoms with Gasteiger partial charge in [0, 0.05) is 17.2 Å². The lowest BCUT2D eigenvalue weighted by molar-refractivity contribution is -0.306. The second kappa shape index (κ2) is 8.05. The number of benzene rings is 2. The summed E-state index contributed by atoms with van der Waals surface area (Å²) in [7, 11) is 2.85. The monoisotopic (exact) mass is 396 g/mol. The maximum absolute atomic E-state index is 12.7. The van der Waals surface area contributed by atoms with Gasteiger partial charge >= 0.3 is 0 Å². The minimum Gasteiger partial charge on any atom is -0.548 e. The van der Waals surface area contributed by atoms with Gasteiger partial charge in [-0.2, -0.15) is 0 Å². The van der Waals surface area contributed by atoms with Crippen molar-refractivity contribution >= 4 is 23.4 Å². The van der Waals surface area contributed by atoms with Crippen LogP contribution in [0.2, 0.25) is 0 Å². The molecule has 0 unspecified atom stereocenters. The number of carbonyl (C=O) groups is 3. The predicted molar refractivity (Wildman–Crippen MR) is 100 cm³/mol. The van der Waals surface area contributed by atoms with E-state index in [0.717, 1.165) is 4.90 Å². The number of hydrogen-bond donors (Lipinski definition) is 1. The molecule has 8 heteroatoms. The lowest BCUT2D eigenvalue weighted by atomic mass is 9.94. The van der Waals surface area contributed by atoms with Crippen molar-refractivity contribution in [1.82, 2.24) is 4.90 Å². The lowest BCUT2D eigenvalue weighted by Gasteiger charge is -2.27. The smallest absolute Gasteiger partial charge is 0.295 e. The molecule has 0 aromatic heterocycles. The number of ether oxygens (including phenoxy) is 2. The van der Waals surface area contributed by atoms with E-state index in [1.807, 2.05) is 0 Å². The molecule has 0 bridgehead atoms. The van der Waals surface area contributed by atoms with Crippen LogP contribution in [0, 0.1) is 0 Å². The van der Waals surface area contributed by atoms with Crippen molar-refractivity contribution < 1.29 is 34.1 Å². The zero-order valence-electron chi connectivity index (χ0n) is 15.7. The molecule has 0 spiro atoms. The van der Waals surface area contributed by atoms with Gasteiger partial charge in [0.05, 0.1) is 38.3 Å². The molecule has 1 aliphatic rings. The van der Waals surface area contributed by atoms with Gasteiger partial charge < -0.3 is 29.4 Å². The SMILES string of the molecule is COc1ccc([C@@H]2C(=C(O)c3ccccc3)C(=O)C(=O)N2CC(=O)[O-])c(OC)c1. The largest absolute Gasteiger partial charge is 0.548 e. The fraction of sp³-hybridized carbons (Fsp3) is 0.190. The van der Waals surface area contributed by atoms with E-state index in [-0.39, 0.29) is 11.3 Å². The number of aliphatic hydroxyl groups is 1. The zero-order valence-corrected chi connectivity index (χ0v) is 15.7. The van der Waals surface area contributed by atoms with E-state index in [0.29, 0.717) is 16.9 Å². The molecule has 1 atom stereocenters. The van der Waals surface area contributed by atoms with Crippen molar-refractivity contribution in [2.24, 2.45) is 0 Å². The van der Waals surface area contributed by atoms with Crippen LogP contribution in [-0.2, 0) is 14.4 Å². The van der Waals surface area contributed by atoms with Gasteiger partial charge in [-0.15, -0.1) is 0 Å². The molecule has 3 rings (SSSR count). The Kier molecular flexibility index (Phi) is 5.54. The fourth-order valence-electron chi connectivity index (χ4n) is 3.30. The summed E-state index contributed by atoms with van der Waals surface area (Å²) in [4.78, 5) is 37.4. The summed E-state index contributed by atoms with van der Waals surface area (Å²) >= 11 is 0. The Morgan fingerprint density at radius 1 is 1.10 bits per heavy atom. The van der Waals surface area contributed by atoms with Crippen LogP contribution in [0.15, 0.2) is 54.1 Å². The van der Waals surface area contributed by atoms with Gasteiger partial charge in [-0.1, -0.05) is 30.3 Å². The number of ketones is 1. The van der Waals surface area contributed by atoms with Crippen LogP contribution >= 0.6 is 0 Å². The highest BCUT2D eigenvalue weighted by atomic mass is 16.5. The quantitative estimate of drug-likeness (QED) is 0.438. The third kappa shape index (κ3) is 3.64. The number of carboxylic acid groups (broad SMARTS) is 1. The summed E-state index contributed by atoms with van der Waals surface area (Å²) in [6, 6.07) is 11.7. The van der Waals surface area contributed by atoms with E-state index in [4.69, 9.17) is 9.47 Å². The molecule has 8 nitrogen and oxygen atoms in total. The van der Waals surface area contributed by atoms with Crippen LogP contribution in [0.5, 0.6) is 11.5 Å². The number of nitrogens with zero attached hydrogens (tertiary/aromatic N) is 1. The van der Waals surface area contributed by atoms with Crippen molar-refractivity contribution in [1.29, 1.82) is 0 Å². The second-order valence-corrected chi connectivity index (χ2v) is 6.27. The molecule has 1 fully saturated rings. The second-order valence-electron chi connectivity index (χ2n) is 6.27. The van der Waals surface area contributed by atoms with Crippen LogP contribution in [0.25, 0.3) is 5.76 Å². The van der Waals surface area contributed by atoms with Crippen LogP contribution in [0.1, 0.15) is 17.2 Å². The Balaban J connectivity index is 2.25. The molecule has 150 valence electrons. The van der Waals surface area contributed by atoms with Crippen LogP contribution in [0.3, 0.4) is 0 Å². The molecular formula is C21H18NO7-. The molecule has 0 aliphatic carbocycles. The van der Waals surface area contributed by atoms with E-state index in [1.54, 1.807) is 42.5 Å². The number of carbonyl (C=O) groups excluding carboxylic acids is 3. The van der Waals surface area contributed by atoms with E-state index >= 15 is 0 Å². The fourth-order valence-corrected chi connectivity index (χ4v) is 3.30.